The van der Waals surface area contributed by atoms with Gasteiger partial charge in [0, 0.05) is 16.7 Å². The van der Waals surface area contributed by atoms with E-state index in [1.165, 1.54) is 72.0 Å². The number of nitrogens with zero attached hydrogens (tertiary/aromatic N) is 1. The minimum absolute atomic E-state index is 0.000716. The molecule has 0 radical (unpaired) electrons. The fraction of sp³-hybridized carbons (Fsp3) is 0.207. The van der Waals surface area contributed by atoms with Crippen LogP contribution in [0, 0.1) is 0 Å². The van der Waals surface area contributed by atoms with Crippen molar-refractivity contribution in [2.24, 2.45) is 0 Å². The first kappa shape index (κ1) is 39.6. The van der Waals surface area contributed by atoms with Gasteiger partial charge in [-0.15, -0.1) is 0 Å². The predicted molar refractivity (Wildman–Crippen MR) is 256 cm³/mol. The fourth-order valence-corrected chi connectivity index (χ4v) is 8.32. The van der Waals surface area contributed by atoms with Crippen LogP contribution in [0.1, 0.15) is 79.0 Å². The van der Waals surface area contributed by atoms with Gasteiger partial charge in [0.1, 0.15) is 0 Å². The normalized spacial score (nSPS) is 12.2. The van der Waals surface area contributed by atoms with Crippen LogP contribution in [0.4, 0.5) is 17.1 Å². The maximum absolute atomic E-state index is 2.54. The maximum Gasteiger partial charge on any atom is 0.0543 e. The molecule has 1 heteroatoms. The van der Waals surface area contributed by atoms with Crippen molar-refractivity contribution in [2.75, 3.05) is 4.90 Å². The van der Waals surface area contributed by atoms with E-state index in [2.05, 4.69) is 249 Å². The molecule has 8 aromatic carbocycles. The van der Waals surface area contributed by atoms with Crippen molar-refractivity contribution in [2.45, 2.75) is 78.6 Å². The molecule has 59 heavy (non-hydrogen) atoms. The molecule has 0 unspecified atom stereocenters. The lowest BCUT2D eigenvalue weighted by Gasteiger charge is -2.33. The van der Waals surface area contributed by atoms with Crippen molar-refractivity contribution < 1.29 is 0 Å². The Balaban J connectivity index is 1.47. The molecule has 0 N–H and O–H groups in total. The highest BCUT2D eigenvalue weighted by atomic mass is 15.1. The van der Waals surface area contributed by atoms with Gasteiger partial charge >= 0.3 is 0 Å². The van der Waals surface area contributed by atoms with Gasteiger partial charge in [-0.05, 0) is 89.7 Å². The molecule has 0 aromatic heterocycles. The average molecular weight is 768 g/mol. The average Bonchev–Trinajstić information content (AvgIpc) is 3.23. The first-order chi connectivity index (χ1) is 28.2. The molecule has 0 bridgehead atoms. The molecular formula is C58H57N. The molecule has 8 rings (SSSR count). The standard InChI is InChI=1S/C58H57N/c1-56(2,3)44-34-35-48(41-24-14-11-15-25-41)54(39-44)59(52-32-18-16-28-47(52)40-22-12-10-13-23-40)53-33-19-17-29-50(53)51-31-21-27-42-26-20-30-49(55(42)51)43-36-45(57(4,5)6)38-46(37-43)58(7,8)9/h10-39H,1-9H3. The summed E-state index contributed by atoms with van der Waals surface area (Å²) in [4.78, 5) is 2.54. The summed E-state index contributed by atoms with van der Waals surface area (Å²) >= 11 is 0. The third-order valence-corrected chi connectivity index (χ3v) is 11.7. The molecular weight excluding hydrogens is 711 g/mol. The Hall–Kier alpha value is -6.18. The van der Waals surface area contributed by atoms with Crippen LogP contribution in [0.2, 0.25) is 0 Å². The van der Waals surface area contributed by atoms with Crippen LogP contribution in [0.15, 0.2) is 182 Å². The van der Waals surface area contributed by atoms with Crippen LogP contribution < -0.4 is 4.90 Å². The quantitative estimate of drug-likeness (QED) is 0.156. The summed E-state index contributed by atoms with van der Waals surface area (Å²) in [6, 6.07) is 67.6. The van der Waals surface area contributed by atoms with E-state index in [1.807, 2.05) is 0 Å². The van der Waals surface area contributed by atoms with Gasteiger partial charge in [-0.25, -0.2) is 0 Å². The first-order valence-electron chi connectivity index (χ1n) is 21.1. The minimum Gasteiger partial charge on any atom is -0.309 e. The number of anilines is 3. The Morgan fingerprint density at radius 1 is 0.288 bits per heavy atom. The largest absolute Gasteiger partial charge is 0.309 e. The number of benzene rings is 8. The Morgan fingerprint density at radius 2 is 0.729 bits per heavy atom. The lowest BCUT2D eigenvalue weighted by atomic mass is 9.78. The molecule has 0 saturated heterocycles. The molecule has 0 amide bonds. The number of rotatable bonds is 7. The zero-order valence-corrected chi connectivity index (χ0v) is 36.3. The third kappa shape index (κ3) is 8.00. The molecule has 0 spiro atoms. The molecule has 0 aliphatic carbocycles. The Bertz CT molecular complexity index is 2710. The lowest BCUT2D eigenvalue weighted by Crippen LogP contribution is -2.17. The van der Waals surface area contributed by atoms with Crippen molar-refractivity contribution in [1.29, 1.82) is 0 Å². The Labute approximate surface area is 353 Å². The van der Waals surface area contributed by atoms with Crippen LogP contribution >= 0.6 is 0 Å². The molecule has 0 saturated carbocycles. The number of hydrogen-bond donors (Lipinski definition) is 0. The molecule has 0 aliphatic heterocycles. The van der Waals surface area contributed by atoms with Crippen LogP contribution in [-0.4, -0.2) is 0 Å². The smallest absolute Gasteiger partial charge is 0.0543 e. The second kappa shape index (κ2) is 15.5. The summed E-state index contributed by atoms with van der Waals surface area (Å²) in [6.07, 6.45) is 0. The molecule has 1 nitrogen and oxygen atoms in total. The SMILES string of the molecule is CC(C)(C)c1cc(-c2cccc3cccc(-c4ccccc4N(c4ccccc4-c4ccccc4)c4cc(C(C)(C)C)ccc4-c4ccccc4)c23)cc(C(C)(C)C)c1. The summed E-state index contributed by atoms with van der Waals surface area (Å²) in [5.41, 5.74) is 16.9. The highest BCUT2D eigenvalue weighted by Crippen LogP contribution is 2.50. The van der Waals surface area contributed by atoms with E-state index >= 15 is 0 Å². The second-order valence-corrected chi connectivity index (χ2v) is 19.1. The molecule has 0 aliphatic rings. The Kier molecular flexibility index (Phi) is 10.4. The zero-order chi connectivity index (χ0) is 41.5. The van der Waals surface area contributed by atoms with E-state index < -0.39 is 0 Å². The lowest BCUT2D eigenvalue weighted by molar-refractivity contribution is 0.569. The summed E-state index contributed by atoms with van der Waals surface area (Å²) in [5, 5.41) is 2.49. The second-order valence-electron chi connectivity index (χ2n) is 19.1. The number of hydrogen-bond acceptors (Lipinski definition) is 1. The fourth-order valence-electron chi connectivity index (χ4n) is 8.32. The van der Waals surface area contributed by atoms with Gasteiger partial charge in [-0.1, -0.05) is 226 Å². The topological polar surface area (TPSA) is 3.24 Å². The minimum atomic E-state index is -0.0634. The van der Waals surface area contributed by atoms with Gasteiger partial charge in [0.2, 0.25) is 0 Å². The van der Waals surface area contributed by atoms with E-state index in [0.717, 1.165) is 17.1 Å². The molecule has 0 heterocycles. The summed E-state index contributed by atoms with van der Waals surface area (Å²) in [5.74, 6) is 0. The van der Waals surface area contributed by atoms with Gasteiger partial charge in [-0.3, -0.25) is 0 Å². The third-order valence-electron chi connectivity index (χ3n) is 11.7. The molecule has 8 aromatic rings. The van der Waals surface area contributed by atoms with Crippen LogP contribution in [0.5, 0.6) is 0 Å². The zero-order valence-electron chi connectivity index (χ0n) is 36.3. The molecule has 0 atom stereocenters. The van der Waals surface area contributed by atoms with Crippen LogP contribution in [-0.2, 0) is 16.2 Å². The van der Waals surface area contributed by atoms with Crippen LogP contribution in [0.3, 0.4) is 0 Å². The Morgan fingerprint density at radius 3 is 1.27 bits per heavy atom. The van der Waals surface area contributed by atoms with Gasteiger partial charge in [0.15, 0.2) is 0 Å². The van der Waals surface area contributed by atoms with Crippen molar-refractivity contribution in [3.63, 3.8) is 0 Å². The summed E-state index contributed by atoms with van der Waals surface area (Å²) < 4.78 is 0. The predicted octanol–water partition coefficient (Wildman–Crippen LogP) is 16.9. The van der Waals surface area contributed by atoms with Gasteiger partial charge in [0.05, 0.1) is 17.1 Å². The van der Waals surface area contributed by atoms with E-state index in [-0.39, 0.29) is 16.2 Å². The van der Waals surface area contributed by atoms with Gasteiger partial charge in [-0.2, -0.15) is 0 Å². The van der Waals surface area contributed by atoms with Crippen molar-refractivity contribution in [3.05, 3.63) is 199 Å². The number of para-hydroxylation sites is 2. The first-order valence-corrected chi connectivity index (χ1v) is 21.1. The number of fused-ring (bicyclic) bond motifs is 1. The van der Waals surface area contributed by atoms with Crippen molar-refractivity contribution in [1.82, 2.24) is 0 Å². The van der Waals surface area contributed by atoms with Crippen molar-refractivity contribution in [3.8, 4) is 44.5 Å². The van der Waals surface area contributed by atoms with Gasteiger partial charge < -0.3 is 4.90 Å². The molecule has 294 valence electrons. The van der Waals surface area contributed by atoms with E-state index in [0.29, 0.717) is 0 Å². The summed E-state index contributed by atoms with van der Waals surface area (Å²) in [6.45, 7) is 20.9. The monoisotopic (exact) mass is 767 g/mol. The van der Waals surface area contributed by atoms with E-state index in [9.17, 15) is 0 Å². The van der Waals surface area contributed by atoms with E-state index in [4.69, 9.17) is 0 Å². The maximum atomic E-state index is 2.54. The van der Waals surface area contributed by atoms with Crippen LogP contribution in [0.25, 0.3) is 55.3 Å². The highest BCUT2D eigenvalue weighted by Gasteiger charge is 2.27. The highest BCUT2D eigenvalue weighted by molar-refractivity contribution is 6.09. The van der Waals surface area contributed by atoms with E-state index in [1.54, 1.807) is 0 Å². The van der Waals surface area contributed by atoms with Gasteiger partial charge in [0.25, 0.3) is 0 Å². The van der Waals surface area contributed by atoms with Crippen molar-refractivity contribution >= 4 is 27.8 Å². The summed E-state index contributed by atoms with van der Waals surface area (Å²) in [7, 11) is 0. The molecule has 0 fully saturated rings.